The van der Waals surface area contributed by atoms with Crippen LogP contribution in [0.5, 0.6) is 0 Å². The van der Waals surface area contributed by atoms with Crippen LogP contribution >= 0.6 is 22.9 Å². The summed E-state index contributed by atoms with van der Waals surface area (Å²) in [6.45, 7) is 3.82. The number of hydrogen-bond acceptors (Lipinski definition) is 4. The smallest absolute Gasteiger partial charge is 0.244 e. The van der Waals surface area contributed by atoms with Crippen LogP contribution in [0.4, 0.5) is 0 Å². The van der Waals surface area contributed by atoms with E-state index in [2.05, 4.69) is 0 Å². The second kappa shape index (κ2) is 5.88. The van der Waals surface area contributed by atoms with Gasteiger partial charge in [0.05, 0.1) is 12.5 Å². The second-order valence-corrected chi connectivity index (χ2v) is 7.28. The maximum absolute atomic E-state index is 12.6. The Morgan fingerprint density at radius 1 is 1.44 bits per heavy atom. The molecule has 0 unspecified atom stereocenters. The molecule has 7 heteroatoms. The zero-order valence-corrected chi connectivity index (χ0v) is 12.6. The molecular formula is C11H16ClNO3S2. The molecule has 2 heterocycles. The fourth-order valence-electron chi connectivity index (χ4n) is 2.02. The number of rotatable bonds is 3. The Hall–Kier alpha value is -0.140. The number of thiophene rings is 1. The summed E-state index contributed by atoms with van der Waals surface area (Å²) in [5.74, 6) is 0.234. The van der Waals surface area contributed by atoms with Gasteiger partial charge in [0.1, 0.15) is 4.90 Å². The van der Waals surface area contributed by atoms with Crippen LogP contribution in [0.15, 0.2) is 10.3 Å². The minimum atomic E-state index is -3.44. The number of halogens is 1. The maximum atomic E-state index is 12.6. The first kappa shape index (κ1) is 14.3. The summed E-state index contributed by atoms with van der Waals surface area (Å²) < 4.78 is 32.0. The third-order valence-corrected chi connectivity index (χ3v) is 6.68. The largest absolute Gasteiger partial charge is 0.380 e. The van der Waals surface area contributed by atoms with Crippen molar-refractivity contribution in [2.75, 3.05) is 26.3 Å². The standard InChI is InChI=1S/C11H16ClNO3S2/c1-9-8-17-10(7-12)11(9)18(14,15)13-3-2-5-16-6-4-13/h8H,2-7H2,1H3. The number of alkyl halides is 1. The normalized spacial score (nSPS) is 18.8. The van der Waals surface area contributed by atoms with E-state index in [4.69, 9.17) is 16.3 Å². The van der Waals surface area contributed by atoms with Crippen molar-refractivity contribution in [3.8, 4) is 0 Å². The molecule has 1 aromatic rings. The molecule has 0 saturated carbocycles. The summed E-state index contributed by atoms with van der Waals surface area (Å²) in [5.41, 5.74) is 0.779. The van der Waals surface area contributed by atoms with Crippen molar-refractivity contribution in [3.63, 3.8) is 0 Å². The minimum absolute atomic E-state index is 0.234. The molecule has 2 rings (SSSR count). The van der Waals surface area contributed by atoms with Gasteiger partial charge in [-0.3, -0.25) is 0 Å². The van der Waals surface area contributed by atoms with Crippen LogP contribution in [0, 0.1) is 6.92 Å². The van der Waals surface area contributed by atoms with E-state index in [0.29, 0.717) is 31.2 Å². The Morgan fingerprint density at radius 2 is 2.22 bits per heavy atom. The van der Waals surface area contributed by atoms with Crippen LogP contribution in [0.1, 0.15) is 16.9 Å². The lowest BCUT2D eigenvalue weighted by molar-refractivity contribution is 0.148. The molecule has 18 heavy (non-hydrogen) atoms. The highest BCUT2D eigenvalue weighted by Gasteiger charge is 2.30. The molecule has 0 aromatic carbocycles. The molecular weight excluding hydrogens is 294 g/mol. The van der Waals surface area contributed by atoms with Gasteiger partial charge in [-0.05, 0) is 24.3 Å². The van der Waals surface area contributed by atoms with Gasteiger partial charge >= 0.3 is 0 Å². The van der Waals surface area contributed by atoms with E-state index in [1.807, 2.05) is 12.3 Å². The molecule has 1 aliphatic rings. The zero-order chi connectivity index (χ0) is 13.2. The van der Waals surface area contributed by atoms with E-state index < -0.39 is 10.0 Å². The van der Waals surface area contributed by atoms with Crippen LogP contribution in [-0.4, -0.2) is 39.0 Å². The van der Waals surface area contributed by atoms with Crippen molar-refractivity contribution in [1.29, 1.82) is 0 Å². The first-order valence-electron chi connectivity index (χ1n) is 5.78. The van der Waals surface area contributed by atoms with Crippen LogP contribution in [0.2, 0.25) is 0 Å². The van der Waals surface area contributed by atoms with Crippen molar-refractivity contribution in [2.45, 2.75) is 24.1 Å². The number of aryl methyl sites for hydroxylation is 1. The molecule has 0 aliphatic carbocycles. The average Bonchev–Trinajstić information content (AvgIpc) is 2.56. The quantitative estimate of drug-likeness (QED) is 0.804. The second-order valence-electron chi connectivity index (χ2n) is 4.17. The van der Waals surface area contributed by atoms with Crippen molar-refractivity contribution in [1.82, 2.24) is 4.31 Å². The predicted octanol–water partition coefficient (Wildman–Crippen LogP) is 2.21. The van der Waals surface area contributed by atoms with E-state index in [0.717, 1.165) is 16.9 Å². The molecule has 1 saturated heterocycles. The molecule has 102 valence electrons. The number of ether oxygens (including phenoxy) is 1. The minimum Gasteiger partial charge on any atom is -0.380 e. The fourth-order valence-corrected chi connectivity index (χ4v) is 5.49. The monoisotopic (exact) mass is 309 g/mol. The Kier molecular flexibility index (Phi) is 4.66. The molecule has 0 atom stereocenters. The third-order valence-electron chi connectivity index (χ3n) is 2.89. The molecule has 0 N–H and O–H groups in total. The van der Waals surface area contributed by atoms with Crippen molar-refractivity contribution >= 4 is 33.0 Å². The highest BCUT2D eigenvalue weighted by Crippen LogP contribution is 2.31. The van der Waals surface area contributed by atoms with Gasteiger partial charge in [-0.25, -0.2) is 8.42 Å². The maximum Gasteiger partial charge on any atom is 0.244 e. The highest BCUT2D eigenvalue weighted by molar-refractivity contribution is 7.89. The lowest BCUT2D eigenvalue weighted by Gasteiger charge is -2.20. The van der Waals surface area contributed by atoms with Crippen LogP contribution in [-0.2, 0) is 20.6 Å². The molecule has 0 amide bonds. The Labute approximate surface area is 117 Å². The summed E-state index contributed by atoms with van der Waals surface area (Å²) in [7, 11) is -3.44. The van der Waals surface area contributed by atoms with Gasteiger partial charge in [-0.15, -0.1) is 22.9 Å². The predicted molar refractivity (Wildman–Crippen MR) is 72.8 cm³/mol. The fraction of sp³-hybridized carbons (Fsp3) is 0.636. The molecule has 1 fully saturated rings. The summed E-state index contributed by atoms with van der Waals surface area (Å²) in [6.07, 6.45) is 0.735. The molecule has 0 radical (unpaired) electrons. The van der Waals surface area contributed by atoms with E-state index >= 15 is 0 Å². The number of sulfonamides is 1. The molecule has 0 spiro atoms. The molecule has 0 bridgehead atoms. The Morgan fingerprint density at radius 3 is 2.94 bits per heavy atom. The van der Waals surface area contributed by atoms with E-state index in [9.17, 15) is 8.42 Å². The molecule has 4 nitrogen and oxygen atoms in total. The number of hydrogen-bond donors (Lipinski definition) is 0. The topological polar surface area (TPSA) is 46.6 Å². The van der Waals surface area contributed by atoms with Crippen LogP contribution in [0.25, 0.3) is 0 Å². The van der Waals surface area contributed by atoms with Gasteiger partial charge in [-0.1, -0.05) is 0 Å². The molecule has 1 aromatic heterocycles. The van der Waals surface area contributed by atoms with Gasteiger partial charge in [0, 0.05) is 24.6 Å². The molecule has 1 aliphatic heterocycles. The van der Waals surface area contributed by atoms with Crippen molar-refractivity contribution in [2.24, 2.45) is 0 Å². The number of nitrogens with zero attached hydrogens (tertiary/aromatic N) is 1. The first-order chi connectivity index (χ1) is 8.57. The summed E-state index contributed by atoms with van der Waals surface area (Å²) >= 11 is 7.23. The first-order valence-corrected chi connectivity index (χ1v) is 8.63. The third kappa shape index (κ3) is 2.72. The van der Waals surface area contributed by atoms with Crippen molar-refractivity contribution in [3.05, 3.63) is 15.8 Å². The van der Waals surface area contributed by atoms with Crippen molar-refractivity contribution < 1.29 is 13.2 Å². The van der Waals surface area contributed by atoms with Gasteiger partial charge in [-0.2, -0.15) is 4.31 Å². The van der Waals surface area contributed by atoms with E-state index in [1.165, 1.54) is 15.6 Å². The Bertz CT molecular complexity index is 504. The van der Waals surface area contributed by atoms with Crippen LogP contribution < -0.4 is 0 Å². The lowest BCUT2D eigenvalue weighted by atomic mass is 10.3. The Balaban J connectivity index is 2.37. The summed E-state index contributed by atoms with van der Waals surface area (Å²) in [6, 6.07) is 0. The highest BCUT2D eigenvalue weighted by atomic mass is 35.5. The van der Waals surface area contributed by atoms with E-state index in [1.54, 1.807) is 0 Å². The van der Waals surface area contributed by atoms with Gasteiger partial charge in [0.25, 0.3) is 0 Å². The SMILES string of the molecule is Cc1csc(CCl)c1S(=O)(=O)N1CCCOCC1. The van der Waals surface area contributed by atoms with Gasteiger partial charge in [0.2, 0.25) is 10.0 Å². The van der Waals surface area contributed by atoms with E-state index in [-0.39, 0.29) is 5.88 Å². The summed E-state index contributed by atoms with van der Waals surface area (Å²) in [5, 5.41) is 1.85. The summed E-state index contributed by atoms with van der Waals surface area (Å²) in [4.78, 5) is 1.11. The van der Waals surface area contributed by atoms with Gasteiger partial charge in [0.15, 0.2) is 0 Å². The lowest BCUT2D eigenvalue weighted by Crippen LogP contribution is -2.33. The zero-order valence-electron chi connectivity index (χ0n) is 10.2. The van der Waals surface area contributed by atoms with Gasteiger partial charge < -0.3 is 4.74 Å². The average molecular weight is 310 g/mol. The van der Waals surface area contributed by atoms with Crippen LogP contribution in [0.3, 0.4) is 0 Å².